The van der Waals surface area contributed by atoms with Gasteiger partial charge in [0.2, 0.25) is 0 Å². The first-order valence-corrected chi connectivity index (χ1v) is 7.52. The summed E-state index contributed by atoms with van der Waals surface area (Å²) >= 11 is 0. The lowest BCUT2D eigenvalue weighted by Crippen LogP contribution is -2.32. The van der Waals surface area contributed by atoms with E-state index >= 15 is 0 Å². The Bertz CT molecular complexity index is 679. The zero-order chi connectivity index (χ0) is 14.3. The molecule has 1 aliphatic carbocycles. The Balaban J connectivity index is 2.06. The molecule has 4 nitrogen and oxygen atoms in total. The summed E-state index contributed by atoms with van der Waals surface area (Å²) in [5, 5.41) is 3.61. The van der Waals surface area contributed by atoms with Crippen LogP contribution in [-0.2, 0) is 14.1 Å². The van der Waals surface area contributed by atoms with Crippen molar-refractivity contribution in [2.75, 3.05) is 6.54 Å². The maximum atomic E-state index is 12.0. The van der Waals surface area contributed by atoms with Crippen LogP contribution in [0.25, 0.3) is 11.0 Å². The van der Waals surface area contributed by atoms with E-state index in [0.717, 1.165) is 23.5 Å². The molecule has 1 aromatic heterocycles. The number of aryl methyl sites for hydroxylation is 2. The molecule has 0 amide bonds. The summed E-state index contributed by atoms with van der Waals surface area (Å²) in [7, 11) is 3.68. The van der Waals surface area contributed by atoms with Gasteiger partial charge in [-0.15, -0.1) is 0 Å². The van der Waals surface area contributed by atoms with Crippen molar-refractivity contribution in [3.8, 4) is 0 Å². The predicted molar refractivity (Wildman–Crippen MR) is 81.9 cm³/mol. The predicted octanol–water partition coefficient (Wildman–Crippen LogP) is 2.33. The lowest BCUT2D eigenvalue weighted by Gasteiger charge is -2.34. The Morgan fingerprint density at radius 1 is 1.25 bits per heavy atom. The normalized spacial score (nSPS) is 17.4. The first-order valence-electron chi connectivity index (χ1n) is 7.52. The molecule has 1 N–H and O–H groups in total. The number of rotatable bonds is 4. The highest BCUT2D eigenvalue weighted by Gasteiger charge is 2.28. The third-order valence-corrected chi connectivity index (χ3v) is 4.70. The van der Waals surface area contributed by atoms with Crippen LogP contribution in [0.15, 0.2) is 23.0 Å². The van der Waals surface area contributed by atoms with Gasteiger partial charge >= 0.3 is 5.69 Å². The summed E-state index contributed by atoms with van der Waals surface area (Å²) < 4.78 is 3.45. The highest BCUT2D eigenvalue weighted by Crippen LogP contribution is 2.38. The molecule has 0 saturated heterocycles. The highest BCUT2D eigenvalue weighted by atomic mass is 16.1. The number of nitrogens with zero attached hydrogens (tertiary/aromatic N) is 2. The van der Waals surface area contributed by atoms with E-state index in [2.05, 4.69) is 30.4 Å². The fraction of sp³-hybridized carbons (Fsp3) is 0.562. The van der Waals surface area contributed by atoms with Crippen LogP contribution in [0.3, 0.4) is 0 Å². The molecule has 108 valence electrons. The van der Waals surface area contributed by atoms with E-state index in [1.165, 1.54) is 24.8 Å². The molecule has 0 spiro atoms. The average molecular weight is 273 g/mol. The summed E-state index contributed by atoms with van der Waals surface area (Å²) in [5.41, 5.74) is 3.38. The summed E-state index contributed by atoms with van der Waals surface area (Å²) in [6.45, 7) is 3.13. The van der Waals surface area contributed by atoms with E-state index in [9.17, 15) is 4.79 Å². The Labute approximate surface area is 119 Å². The quantitative estimate of drug-likeness (QED) is 0.928. The van der Waals surface area contributed by atoms with Crippen LogP contribution in [0, 0.1) is 5.92 Å². The van der Waals surface area contributed by atoms with Gasteiger partial charge in [-0.05, 0) is 43.0 Å². The smallest absolute Gasteiger partial charge is 0.310 e. The van der Waals surface area contributed by atoms with Gasteiger partial charge < -0.3 is 5.32 Å². The number of fused-ring (bicyclic) bond motifs is 1. The minimum Gasteiger partial charge on any atom is -0.310 e. The second kappa shape index (κ2) is 5.09. The molecule has 0 radical (unpaired) electrons. The first kappa shape index (κ1) is 13.4. The lowest BCUT2D eigenvalue weighted by atomic mass is 9.77. The molecule has 3 rings (SSSR count). The summed E-state index contributed by atoms with van der Waals surface area (Å²) in [5.74, 6) is 0.744. The molecule has 0 aliphatic heterocycles. The van der Waals surface area contributed by atoms with Crippen molar-refractivity contribution in [1.29, 1.82) is 0 Å². The second-order valence-electron chi connectivity index (χ2n) is 5.88. The van der Waals surface area contributed by atoms with Crippen molar-refractivity contribution >= 4 is 11.0 Å². The number of imidazole rings is 1. The van der Waals surface area contributed by atoms with Crippen LogP contribution < -0.4 is 11.0 Å². The van der Waals surface area contributed by atoms with Gasteiger partial charge in [0.15, 0.2) is 0 Å². The maximum Gasteiger partial charge on any atom is 0.328 e. The van der Waals surface area contributed by atoms with E-state index in [4.69, 9.17) is 0 Å². The zero-order valence-corrected chi connectivity index (χ0v) is 12.5. The molecule has 1 saturated carbocycles. The maximum absolute atomic E-state index is 12.0. The zero-order valence-electron chi connectivity index (χ0n) is 12.5. The van der Waals surface area contributed by atoms with Gasteiger partial charge in [-0.2, -0.15) is 0 Å². The van der Waals surface area contributed by atoms with Crippen molar-refractivity contribution in [3.63, 3.8) is 0 Å². The van der Waals surface area contributed by atoms with Crippen molar-refractivity contribution in [3.05, 3.63) is 34.2 Å². The summed E-state index contributed by atoms with van der Waals surface area (Å²) in [6.07, 6.45) is 3.96. The van der Waals surface area contributed by atoms with Crippen LogP contribution in [0.2, 0.25) is 0 Å². The van der Waals surface area contributed by atoms with Crippen molar-refractivity contribution in [2.24, 2.45) is 20.0 Å². The minimum atomic E-state index is 0.0424. The largest absolute Gasteiger partial charge is 0.328 e. The van der Waals surface area contributed by atoms with E-state index in [1.54, 1.807) is 9.13 Å². The number of benzene rings is 1. The molecule has 1 unspecified atom stereocenters. The van der Waals surface area contributed by atoms with Crippen LogP contribution in [-0.4, -0.2) is 15.7 Å². The van der Waals surface area contributed by atoms with Gasteiger partial charge in [-0.25, -0.2) is 4.79 Å². The Morgan fingerprint density at radius 2 is 1.95 bits per heavy atom. The van der Waals surface area contributed by atoms with Gasteiger partial charge in [-0.1, -0.05) is 19.4 Å². The van der Waals surface area contributed by atoms with Gasteiger partial charge in [0.25, 0.3) is 0 Å². The Morgan fingerprint density at radius 3 is 2.55 bits per heavy atom. The van der Waals surface area contributed by atoms with Crippen LogP contribution in [0.5, 0.6) is 0 Å². The van der Waals surface area contributed by atoms with E-state index in [0.29, 0.717) is 6.04 Å². The molecule has 1 atom stereocenters. The van der Waals surface area contributed by atoms with Crippen LogP contribution >= 0.6 is 0 Å². The molecule has 2 aromatic rings. The van der Waals surface area contributed by atoms with Crippen LogP contribution in [0.1, 0.15) is 37.8 Å². The number of nitrogens with one attached hydrogen (secondary N) is 1. The number of hydrogen-bond acceptors (Lipinski definition) is 2. The SMILES string of the molecule is CCNC(c1ccc2c(c1)n(C)c(=O)n2C)C1CCC1. The highest BCUT2D eigenvalue weighted by molar-refractivity contribution is 5.77. The fourth-order valence-corrected chi connectivity index (χ4v) is 3.27. The van der Waals surface area contributed by atoms with E-state index < -0.39 is 0 Å². The van der Waals surface area contributed by atoms with E-state index in [1.807, 2.05) is 14.1 Å². The Hall–Kier alpha value is -1.55. The monoisotopic (exact) mass is 273 g/mol. The molecule has 1 aliphatic rings. The molecule has 4 heteroatoms. The number of hydrogen-bond donors (Lipinski definition) is 1. The fourth-order valence-electron chi connectivity index (χ4n) is 3.27. The third kappa shape index (κ3) is 1.99. The van der Waals surface area contributed by atoms with Gasteiger partial charge in [0.1, 0.15) is 0 Å². The molecule has 1 fully saturated rings. The van der Waals surface area contributed by atoms with Gasteiger partial charge in [-0.3, -0.25) is 9.13 Å². The molecule has 1 aromatic carbocycles. The first-order chi connectivity index (χ1) is 9.63. The van der Waals surface area contributed by atoms with Gasteiger partial charge in [0, 0.05) is 20.1 Å². The standard InChI is InChI=1S/C16H23N3O/c1-4-17-15(11-6-5-7-11)12-8-9-13-14(10-12)19(3)16(20)18(13)2/h8-11,15,17H,4-7H2,1-3H3. The summed E-state index contributed by atoms with van der Waals surface area (Å²) in [4.78, 5) is 12.0. The van der Waals surface area contributed by atoms with Crippen molar-refractivity contribution in [2.45, 2.75) is 32.2 Å². The molecular formula is C16H23N3O. The van der Waals surface area contributed by atoms with Crippen LogP contribution in [0.4, 0.5) is 0 Å². The Kier molecular flexibility index (Phi) is 3.42. The molecule has 20 heavy (non-hydrogen) atoms. The lowest BCUT2D eigenvalue weighted by molar-refractivity contribution is 0.233. The number of aromatic nitrogens is 2. The molecular weight excluding hydrogens is 250 g/mol. The van der Waals surface area contributed by atoms with Gasteiger partial charge in [0.05, 0.1) is 11.0 Å². The van der Waals surface area contributed by atoms with Crippen molar-refractivity contribution < 1.29 is 0 Å². The summed E-state index contributed by atoms with van der Waals surface area (Å²) in [6, 6.07) is 6.86. The molecule has 1 heterocycles. The molecule has 0 bridgehead atoms. The third-order valence-electron chi connectivity index (χ3n) is 4.70. The average Bonchev–Trinajstić information content (AvgIpc) is 2.61. The van der Waals surface area contributed by atoms with Crippen molar-refractivity contribution in [1.82, 2.24) is 14.5 Å². The second-order valence-corrected chi connectivity index (χ2v) is 5.88. The van der Waals surface area contributed by atoms with E-state index in [-0.39, 0.29) is 5.69 Å². The topological polar surface area (TPSA) is 39.0 Å². The minimum absolute atomic E-state index is 0.0424.